The van der Waals surface area contributed by atoms with E-state index in [2.05, 4.69) is 16.8 Å². The largest absolute Gasteiger partial charge is 0.348 e. The number of hydrogen-bond donors (Lipinski definition) is 1. The molecule has 3 amide bonds. The van der Waals surface area contributed by atoms with Gasteiger partial charge in [0.1, 0.15) is 5.54 Å². The molecule has 0 aliphatic carbocycles. The van der Waals surface area contributed by atoms with Crippen molar-refractivity contribution in [2.75, 3.05) is 6.54 Å². The molecule has 2 aromatic rings. The number of benzene rings is 1. The number of hydrogen-bond acceptors (Lipinski definition) is 3. The van der Waals surface area contributed by atoms with E-state index in [0.717, 1.165) is 47.7 Å². The minimum atomic E-state index is -1.10. The Morgan fingerprint density at radius 1 is 1.07 bits per heavy atom. The van der Waals surface area contributed by atoms with Crippen molar-refractivity contribution in [3.8, 4) is 0 Å². The van der Waals surface area contributed by atoms with Crippen LogP contribution >= 0.6 is 0 Å². The lowest BCUT2D eigenvalue weighted by Gasteiger charge is -2.27. The maximum Gasteiger partial charge on any atom is 0.325 e. The van der Waals surface area contributed by atoms with E-state index in [0.29, 0.717) is 12.0 Å². The highest BCUT2D eigenvalue weighted by atomic mass is 16.2. The van der Waals surface area contributed by atoms with Gasteiger partial charge in [-0.25, -0.2) is 4.79 Å². The van der Waals surface area contributed by atoms with Gasteiger partial charge in [0, 0.05) is 23.5 Å². The van der Waals surface area contributed by atoms with Crippen molar-refractivity contribution < 1.29 is 14.4 Å². The molecule has 6 nitrogen and oxygen atoms in total. The third-order valence-electron chi connectivity index (χ3n) is 5.97. The van der Waals surface area contributed by atoms with Crippen LogP contribution in [0.4, 0.5) is 4.79 Å². The molecule has 1 unspecified atom stereocenters. The Hall–Kier alpha value is -2.89. The number of rotatable bonds is 9. The summed E-state index contributed by atoms with van der Waals surface area (Å²) in [6.07, 6.45) is 3.17. The predicted octanol–water partition coefficient (Wildman–Crippen LogP) is 4.34. The fourth-order valence-corrected chi connectivity index (χ4v) is 4.32. The highest BCUT2D eigenvalue weighted by molar-refractivity contribution is 6.11. The summed E-state index contributed by atoms with van der Waals surface area (Å²) in [5.74, 6) is -0.559. The molecule has 1 saturated heterocycles. The van der Waals surface area contributed by atoms with Crippen LogP contribution in [0.1, 0.15) is 66.8 Å². The van der Waals surface area contributed by atoms with E-state index in [1.807, 2.05) is 57.2 Å². The molecule has 1 aliphatic heterocycles. The van der Waals surface area contributed by atoms with Crippen molar-refractivity contribution in [2.24, 2.45) is 0 Å². The Labute approximate surface area is 178 Å². The number of nitrogens with one attached hydrogen (secondary N) is 1. The van der Waals surface area contributed by atoms with Gasteiger partial charge in [-0.1, -0.05) is 57.0 Å². The molecule has 6 heteroatoms. The van der Waals surface area contributed by atoms with E-state index in [1.54, 1.807) is 0 Å². The smallest absolute Gasteiger partial charge is 0.325 e. The number of urea groups is 1. The average Bonchev–Trinajstić information content (AvgIpc) is 3.16. The summed E-state index contributed by atoms with van der Waals surface area (Å²) in [4.78, 5) is 40.4. The molecule has 30 heavy (non-hydrogen) atoms. The van der Waals surface area contributed by atoms with Crippen LogP contribution in [0.25, 0.3) is 0 Å². The molecule has 1 aliphatic rings. The molecule has 0 bridgehead atoms. The van der Waals surface area contributed by atoms with E-state index in [4.69, 9.17) is 0 Å². The Kier molecular flexibility index (Phi) is 6.44. The molecule has 1 atom stereocenters. The van der Waals surface area contributed by atoms with E-state index in [-0.39, 0.29) is 18.2 Å². The van der Waals surface area contributed by atoms with Gasteiger partial charge in [0.15, 0.2) is 5.78 Å². The molecule has 0 radical (unpaired) electrons. The third kappa shape index (κ3) is 3.78. The van der Waals surface area contributed by atoms with E-state index in [9.17, 15) is 14.4 Å². The van der Waals surface area contributed by atoms with Crippen LogP contribution in [0.2, 0.25) is 0 Å². The lowest BCUT2D eigenvalue weighted by Crippen LogP contribution is -2.44. The van der Waals surface area contributed by atoms with Crippen LogP contribution < -0.4 is 5.32 Å². The van der Waals surface area contributed by atoms with Crippen LogP contribution in [0.3, 0.4) is 0 Å². The first-order chi connectivity index (χ1) is 14.4. The van der Waals surface area contributed by atoms with Gasteiger partial charge in [-0.3, -0.25) is 14.5 Å². The summed E-state index contributed by atoms with van der Waals surface area (Å²) in [7, 11) is 0. The van der Waals surface area contributed by atoms with E-state index < -0.39 is 11.6 Å². The van der Waals surface area contributed by atoms with Gasteiger partial charge in [0.2, 0.25) is 0 Å². The SMILES string of the molecule is CCCCC1(c2ccccc2)NC(=O)N(CC(=O)c2cc(C)n(CCC)c2C)C1=O. The van der Waals surface area contributed by atoms with Gasteiger partial charge in [-0.2, -0.15) is 0 Å². The van der Waals surface area contributed by atoms with Gasteiger partial charge in [0.05, 0.1) is 6.54 Å². The van der Waals surface area contributed by atoms with Crippen molar-refractivity contribution in [3.63, 3.8) is 0 Å². The van der Waals surface area contributed by atoms with Gasteiger partial charge in [-0.15, -0.1) is 0 Å². The number of imide groups is 1. The monoisotopic (exact) mass is 409 g/mol. The summed E-state index contributed by atoms with van der Waals surface area (Å²) < 4.78 is 2.11. The first-order valence-corrected chi connectivity index (χ1v) is 10.7. The van der Waals surface area contributed by atoms with Gasteiger partial charge >= 0.3 is 6.03 Å². The molecule has 2 heterocycles. The van der Waals surface area contributed by atoms with Crippen molar-refractivity contribution in [2.45, 2.75) is 65.5 Å². The number of amides is 3. The summed E-state index contributed by atoms with van der Waals surface area (Å²) >= 11 is 0. The number of carbonyl (C=O) groups excluding carboxylic acids is 3. The summed E-state index contributed by atoms with van der Waals surface area (Å²) in [5.41, 5.74) is 2.12. The lowest BCUT2D eigenvalue weighted by molar-refractivity contribution is -0.131. The lowest BCUT2D eigenvalue weighted by atomic mass is 9.85. The quantitative estimate of drug-likeness (QED) is 0.495. The molecule has 1 fully saturated rings. The van der Waals surface area contributed by atoms with E-state index in [1.165, 1.54) is 0 Å². The zero-order valence-corrected chi connectivity index (χ0v) is 18.3. The van der Waals surface area contributed by atoms with Crippen LogP contribution in [0, 0.1) is 13.8 Å². The number of carbonyl (C=O) groups is 3. The summed E-state index contributed by atoms with van der Waals surface area (Å²) in [6.45, 7) is 8.61. The van der Waals surface area contributed by atoms with Crippen molar-refractivity contribution in [1.82, 2.24) is 14.8 Å². The minimum absolute atomic E-state index is 0.215. The Bertz CT molecular complexity index is 948. The second kappa shape index (κ2) is 8.86. The molecule has 1 N–H and O–H groups in total. The average molecular weight is 410 g/mol. The number of aryl methyl sites for hydroxylation is 1. The van der Waals surface area contributed by atoms with Crippen molar-refractivity contribution in [1.29, 1.82) is 0 Å². The maximum atomic E-state index is 13.5. The van der Waals surface area contributed by atoms with Gasteiger partial charge < -0.3 is 9.88 Å². The Balaban J connectivity index is 1.89. The number of aromatic nitrogens is 1. The fourth-order valence-electron chi connectivity index (χ4n) is 4.32. The number of Topliss-reactive ketones (excluding diaryl/α,β-unsaturated/α-hetero) is 1. The third-order valence-corrected chi connectivity index (χ3v) is 5.97. The maximum absolute atomic E-state index is 13.5. The molecule has 1 aromatic carbocycles. The number of unbranched alkanes of at least 4 members (excludes halogenated alkanes) is 1. The molecule has 0 saturated carbocycles. The molecular weight excluding hydrogens is 378 g/mol. The summed E-state index contributed by atoms with van der Waals surface area (Å²) in [5, 5.41) is 2.91. The van der Waals surface area contributed by atoms with Crippen LogP contribution in [-0.4, -0.2) is 33.7 Å². The highest BCUT2D eigenvalue weighted by Gasteiger charge is 2.52. The Morgan fingerprint density at radius 2 is 1.77 bits per heavy atom. The fraction of sp³-hybridized carbons (Fsp3) is 0.458. The summed E-state index contributed by atoms with van der Waals surface area (Å²) in [6, 6.07) is 10.7. The standard InChI is InChI=1S/C24H31N3O3/c1-5-7-13-24(19-11-9-8-10-12-19)22(29)27(23(30)25-24)16-21(28)20-15-17(3)26(14-6-2)18(20)4/h8-12,15H,5-7,13-14,16H2,1-4H3,(H,25,30). The predicted molar refractivity (Wildman–Crippen MR) is 116 cm³/mol. The Morgan fingerprint density at radius 3 is 2.40 bits per heavy atom. The molecule has 1 aromatic heterocycles. The highest BCUT2D eigenvalue weighted by Crippen LogP contribution is 2.34. The van der Waals surface area contributed by atoms with Crippen LogP contribution in [0.15, 0.2) is 36.4 Å². The van der Waals surface area contributed by atoms with E-state index >= 15 is 0 Å². The minimum Gasteiger partial charge on any atom is -0.348 e. The van der Waals surface area contributed by atoms with Crippen molar-refractivity contribution >= 4 is 17.7 Å². The van der Waals surface area contributed by atoms with Gasteiger partial charge in [0.25, 0.3) is 5.91 Å². The number of nitrogens with zero attached hydrogens (tertiary/aromatic N) is 2. The zero-order valence-electron chi connectivity index (χ0n) is 18.3. The van der Waals surface area contributed by atoms with Crippen molar-refractivity contribution in [3.05, 3.63) is 58.9 Å². The number of ketones is 1. The second-order valence-corrected chi connectivity index (χ2v) is 8.06. The molecule has 3 rings (SSSR count). The first-order valence-electron chi connectivity index (χ1n) is 10.7. The van der Waals surface area contributed by atoms with Gasteiger partial charge in [-0.05, 0) is 38.3 Å². The zero-order chi connectivity index (χ0) is 21.9. The molecule has 160 valence electrons. The second-order valence-electron chi connectivity index (χ2n) is 8.06. The molecular formula is C24H31N3O3. The van der Waals surface area contributed by atoms with Crippen LogP contribution in [0.5, 0.6) is 0 Å². The topological polar surface area (TPSA) is 71.4 Å². The molecule has 0 spiro atoms. The van der Waals surface area contributed by atoms with Crippen LogP contribution in [-0.2, 0) is 16.9 Å². The first kappa shape index (κ1) is 21.8. The normalized spacial score (nSPS) is 18.7.